The molecule has 1 aromatic carbocycles. The number of rotatable bonds is 6. The van der Waals surface area contributed by atoms with Crippen molar-refractivity contribution in [2.24, 2.45) is 17.8 Å². The van der Waals surface area contributed by atoms with Gasteiger partial charge in [-0.1, -0.05) is 6.07 Å². The average molecular weight is 302 g/mol. The normalized spacial score (nSPS) is 18.6. The number of para-hydroxylation sites is 1. The fourth-order valence-electron chi connectivity index (χ4n) is 3.55. The van der Waals surface area contributed by atoms with Gasteiger partial charge in [-0.15, -0.1) is 0 Å². The Morgan fingerprint density at radius 3 is 2.62 bits per heavy atom. The van der Waals surface area contributed by atoms with E-state index >= 15 is 0 Å². The highest BCUT2D eigenvalue weighted by Gasteiger charge is 2.41. The second-order valence-electron chi connectivity index (χ2n) is 6.46. The quantitative estimate of drug-likeness (QED) is 0.794. The van der Waals surface area contributed by atoms with E-state index in [4.69, 9.17) is 17.0 Å². The molecule has 4 heteroatoms. The highest BCUT2D eigenvalue weighted by atomic mass is 32.1. The molecule has 21 heavy (non-hydrogen) atoms. The van der Waals surface area contributed by atoms with Crippen LogP contribution in [0.25, 0.3) is 11.0 Å². The first-order valence-electron chi connectivity index (χ1n) is 8.12. The van der Waals surface area contributed by atoms with Crippen molar-refractivity contribution in [2.75, 3.05) is 6.61 Å². The fourth-order valence-corrected chi connectivity index (χ4v) is 3.83. The van der Waals surface area contributed by atoms with Crippen LogP contribution in [0.4, 0.5) is 0 Å². The van der Waals surface area contributed by atoms with Crippen molar-refractivity contribution in [2.45, 2.75) is 39.2 Å². The van der Waals surface area contributed by atoms with Crippen LogP contribution in [0.3, 0.4) is 0 Å². The number of ether oxygens (including phenoxy) is 1. The lowest BCUT2D eigenvalue weighted by Gasteiger charge is -2.16. The summed E-state index contributed by atoms with van der Waals surface area (Å²) in [7, 11) is 0. The van der Waals surface area contributed by atoms with E-state index < -0.39 is 0 Å². The van der Waals surface area contributed by atoms with E-state index in [-0.39, 0.29) is 0 Å². The zero-order valence-electron chi connectivity index (χ0n) is 12.5. The van der Waals surface area contributed by atoms with E-state index in [2.05, 4.69) is 21.7 Å². The van der Waals surface area contributed by atoms with Crippen molar-refractivity contribution in [1.29, 1.82) is 0 Å². The molecule has 0 aliphatic heterocycles. The highest BCUT2D eigenvalue weighted by Crippen LogP contribution is 2.50. The minimum atomic E-state index is 0.678. The van der Waals surface area contributed by atoms with Crippen molar-refractivity contribution in [3.05, 3.63) is 23.0 Å². The standard InChI is InChI=1S/C17H22N2OS/c1-2-20-15-5-3-4-14-16(15)18-17(21)19(14)10-13(11-6-7-11)12-8-9-12/h3-5,11-13H,2,6-10H2,1H3,(H,18,21). The number of aromatic nitrogens is 2. The molecule has 0 amide bonds. The molecule has 0 unspecified atom stereocenters. The Morgan fingerprint density at radius 1 is 1.29 bits per heavy atom. The summed E-state index contributed by atoms with van der Waals surface area (Å²) in [5.74, 6) is 3.62. The first-order chi connectivity index (χ1) is 10.3. The molecule has 3 nitrogen and oxygen atoms in total. The molecule has 2 aliphatic carbocycles. The van der Waals surface area contributed by atoms with Crippen LogP contribution in [0.5, 0.6) is 5.75 Å². The molecular formula is C17H22N2OS. The number of aromatic amines is 1. The number of H-pyrrole nitrogens is 1. The predicted octanol–water partition coefficient (Wildman–Crippen LogP) is 4.53. The van der Waals surface area contributed by atoms with Crippen molar-refractivity contribution in [1.82, 2.24) is 9.55 Å². The molecule has 2 fully saturated rings. The van der Waals surface area contributed by atoms with E-state index in [0.717, 1.165) is 40.3 Å². The van der Waals surface area contributed by atoms with Gasteiger partial charge in [-0.05, 0) is 74.7 Å². The number of imidazole rings is 1. The molecule has 0 radical (unpaired) electrons. The third-order valence-corrected chi connectivity index (χ3v) is 5.24. The second-order valence-corrected chi connectivity index (χ2v) is 6.85. The van der Waals surface area contributed by atoms with Gasteiger partial charge in [-0.2, -0.15) is 0 Å². The SMILES string of the molecule is CCOc1cccc2c1[nH]c(=S)n2CC(C1CC1)C1CC1. The molecule has 1 aromatic heterocycles. The highest BCUT2D eigenvalue weighted by molar-refractivity contribution is 7.71. The zero-order chi connectivity index (χ0) is 14.4. The summed E-state index contributed by atoms with van der Waals surface area (Å²) in [6.45, 7) is 3.77. The summed E-state index contributed by atoms with van der Waals surface area (Å²) >= 11 is 5.58. The average Bonchev–Trinajstić information content (AvgIpc) is 3.36. The first kappa shape index (κ1) is 13.4. The molecule has 112 valence electrons. The molecule has 0 bridgehead atoms. The lowest BCUT2D eigenvalue weighted by atomic mass is 9.98. The minimum Gasteiger partial charge on any atom is -0.492 e. The van der Waals surface area contributed by atoms with Crippen LogP contribution in [0.15, 0.2) is 18.2 Å². The van der Waals surface area contributed by atoms with E-state index in [0.29, 0.717) is 6.61 Å². The monoisotopic (exact) mass is 302 g/mol. The number of fused-ring (bicyclic) bond motifs is 1. The largest absolute Gasteiger partial charge is 0.492 e. The van der Waals surface area contributed by atoms with Crippen LogP contribution >= 0.6 is 12.2 Å². The minimum absolute atomic E-state index is 0.678. The lowest BCUT2D eigenvalue weighted by molar-refractivity contribution is 0.343. The second kappa shape index (κ2) is 5.16. The number of benzene rings is 1. The van der Waals surface area contributed by atoms with Crippen LogP contribution in [-0.2, 0) is 6.54 Å². The molecule has 2 saturated carbocycles. The molecule has 1 heterocycles. The number of hydrogen-bond acceptors (Lipinski definition) is 2. The molecule has 0 saturated heterocycles. The maximum atomic E-state index is 5.72. The number of nitrogens with one attached hydrogen (secondary N) is 1. The van der Waals surface area contributed by atoms with Gasteiger partial charge in [0.2, 0.25) is 0 Å². The molecule has 2 aromatic rings. The Balaban J connectivity index is 1.72. The van der Waals surface area contributed by atoms with Gasteiger partial charge in [0.25, 0.3) is 0 Å². The Morgan fingerprint density at radius 2 is 2.00 bits per heavy atom. The van der Waals surface area contributed by atoms with Crippen molar-refractivity contribution in [3.8, 4) is 5.75 Å². The topological polar surface area (TPSA) is 29.9 Å². The summed E-state index contributed by atoms with van der Waals surface area (Å²) in [6.07, 6.45) is 5.67. The van der Waals surface area contributed by atoms with Gasteiger partial charge in [-0.3, -0.25) is 0 Å². The molecule has 1 N–H and O–H groups in total. The van der Waals surface area contributed by atoms with Crippen LogP contribution in [0, 0.1) is 22.5 Å². The third-order valence-electron chi connectivity index (χ3n) is 4.92. The van der Waals surface area contributed by atoms with Gasteiger partial charge in [0.1, 0.15) is 11.3 Å². The smallest absolute Gasteiger partial charge is 0.178 e. The van der Waals surface area contributed by atoms with Crippen LogP contribution in [-0.4, -0.2) is 16.2 Å². The maximum absolute atomic E-state index is 5.72. The van der Waals surface area contributed by atoms with Crippen molar-refractivity contribution in [3.63, 3.8) is 0 Å². The Kier molecular flexibility index (Phi) is 3.29. The van der Waals surface area contributed by atoms with E-state index in [1.165, 1.54) is 31.2 Å². The number of nitrogens with zero attached hydrogens (tertiary/aromatic N) is 1. The van der Waals surface area contributed by atoms with Gasteiger partial charge >= 0.3 is 0 Å². The molecule has 2 aliphatic rings. The van der Waals surface area contributed by atoms with E-state index in [9.17, 15) is 0 Å². The van der Waals surface area contributed by atoms with Gasteiger partial charge in [0.15, 0.2) is 4.77 Å². The lowest BCUT2D eigenvalue weighted by Crippen LogP contribution is -2.15. The van der Waals surface area contributed by atoms with Crippen LogP contribution < -0.4 is 4.74 Å². The Bertz CT molecular complexity index is 697. The Labute approximate surface area is 130 Å². The van der Waals surface area contributed by atoms with E-state index in [1.54, 1.807) is 0 Å². The van der Waals surface area contributed by atoms with Crippen LogP contribution in [0.1, 0.15) is 32.6 Å². The predicted molar refractivity (Wildman–Crippen MR) is 87.2 cm³/mol. The summed E-state index contributed by atoms with van der Waals surface area (Å²) < 4.78 is 8.86. The molecule has 0 spiro atoms. The third kappa shape index (κ3) is 2.50. The fraction of sp³-hybridized carbons (Fsp3) is 0.588. The summed E-state index contributed by atoms with van der Waals surface area (Å²) in [5.41, 5.74) is 2.24. The van der Waals surface area contributed by atoms with Crippen molar-refractivity contribution >= 4 is 23.3 Å². The van der Waals surface area contributed by atoms with Gasteiger partial charge in [0, 0.05) is 6.54 Å². The Hall–Kier alpha value is -1.29. The van der Waals surface area contributed by atoms with Crippen molar-refractivity contribution < 1.29 is 4.74 Å². The van der Waals surface area contributed by atoms with Gasteiger partial charge in [0.05, 0.1) is 12.1 Å². The molecule has 0 atom stereocenters. The molecular weight excluding hydrogens is 280 g/mol. The summed E-state index contributed by atoms with van der Waals surface area (Å²) in [4.78, 5) is 3.36. The maximum Gasteiger partial charge on any atom is 0.178 e. The molecule has 4 rings (SSSR count). The van der Waals surface area contributed by atoms with E-state index in [1.807, 2.05) is 13.0 Å². The zero-order valence-corrected chi connectivity index (χ0v) is 13.3. The first-order valence-corrected chi connectivity index (χ1v) is 8.53. The van der Waals surface area contributed by atoms with Crippen LogP contribution in [0.2, 0.25) is 0 Å². The summed E-state index contributed by atoms with van der Waals surface area (Å²) in [5, 5.41) is 0. The number of hydrogen-bond donors (Lipinski definition) is 1. The summed E-state index contributed by atoms with van der Waals surface area (Å²) in [6, 6.07) is 6.23. The van der Waals surface area contributed by atoms with Gasteiger partial charge in [-0.25, -0.2) is 0 Å². The van der Waals surface area contributed by atoms with Gasteiger partial charge < -0.3 is 14.3 Å².